The first-order chi connectivity index (χ1) is 6.68. The number of thiophene rings is 1. The van der Waals surface area contributed by atoms with Gasteiger partial charge in [-0.25, -0.2) is 9.97 Å². The summed E-state index contributed by atoms with van der Waals surface area (Å²) in [6.07, 6.45) is 0. The van der Waals surface area contributed by atoms with Gasteiger partial charge >= 0.3 is 0 Å². The second-order valence-corrected chi connectivity index (χ2v) is 3.83. The fourth-order valence-corrected chi connectivity index (χ4v) is 2.25. The van der Waals surface area contributed by atoms with Crippen LogP contribution in [0.3, 0.4) is 0 Å². The number of fused-ring (bicyclic) bond motifs is 1. The fourth-order valence-electron chi connectivity index (χ4n) is 1.31. The van der Waals surface area contributed by atoms with Crippen molar-refractivity contribution in [3.63, 3.8) is 0 Å². The van der Waals surface area contributed by atoms with Gasteiger partial charge in [0.2, 0.25) is 0 Å². The molecular weight excluding hydrogens is 192 g/mol. The summed E-state index contributed by atoms with van der Waals surface area (Å²) in [6.45, 7) is 10.1. The second kappa shape index (κ2) is 4.51. The Labute approximate surface area is 89.0 Å². The molecule has 2 aromatic rings. The number of aromatic nitrogens is 2. The van der Waals surface area contributed by atoms with Gasteiger partial charge in [0.25, 0.3) is 0 Å². The van der Waals surface area contributed by atoms with Crippen LogP contribution in [0.2, 0.25) is 0 Å². The molecule has 0 unspecified atom stereocenters. The van der Waals surface area contributed by atoms with Gasteiger partial charge in [0.05, 0.1) is 15.9 Å². The maximum Gasteiger partial charge on any atom is 0.126 e. The topological polar surface area (TPSA) is 25.8 Å². The number of hydrogen-bond acceptors (Lipinski definition) is 3. The monoisotopic (exact) mass is 208 g/mol. The van der Waals surface area contributed by atoms with E-state index < -0.39 is 0 Å². The Morgan fingerprint density at radius 1 is 1.07 bits per heavy atom. The third-order valence-electron chi connectivity index (χ3n) is 1.87. The zero-order chi connectivity index (χ0) is 10.7. The van der Waals surface area contributed by atoms with Crippen LogP contribution in [0, 0.1) is 20.8 Å². The van der Waals surface area contributed by atoms with E-state index in [0.29, 0.717) is 0 Å². The molecule has 0 aliphatic carbocycles. The predicted molar refractivity (Wildman–Crippen MR) is 63.0 cm³/mol. The quantitative estimate of drug-likeness (QED) is 0.660. The van der Waals surface area contributed by atoms with E-state index in [0.717, 1.165) is 17.0 Å². The van der Waals surface area contributed by atoms with Gasteiger partial charge in [-0.3, -0.25) is 0 Å². The molecule has 0 radical (unpaired) electrons. The Morgan fingerprint density at radius 3 is 2.36 bits per heavy atom. The van der Waals surface area contributed by atoms with Crippen LogP contribution in [0.1, 0.15) is 30.9 Å². The largest absolute Gasteiger partial charge is 0.237 e. The summed E-state index contributed by atoms with van der Waals surface area (Å²) in [5, 5.41) is 2.13. The summed E-state index contributed by atoms with van der Waals surface area (Å²) in [4.78, 5) is 8.71. The average molecular weight is 208 g/mol. The molecular formula is C11H16N2S. The predicted octanol–water partition coefficient (Wildman–Crippen LogP) is 3.64. The summed E-state index contributed by atoms with van der Waals surface area (Å²) >= 11 is 1.72. The van der Waals surface area contributed by atoms with E-state index in [9.17, 15) is 0 Å². The first-order valence-electron chi connectivity index (χ1n) is 4.87. The molecule has 2 aromatic heterocycles. The molecule has 0 spiro atoms. The lowest BCUT2D eigenvalue weighted by atomic mass is 10.3. The summed E-state index contributed by atoms with van der Waals surface area (Å²) in [7, 11) is 0. The third-order valence-corrected chi connectivity index (χ3v) is 3.07. The minimum Gasteiger partial charge on any atom is -0.237 e. The normalized spacial score (nSPS) is 9.79. The lowest BCUT2D eigenvalue weighted by Crippen LogP contribution is -1.90. The maximum atomic E-state index is 4.40. The van der Waals surface area contributed by atoms with Crippen LogP contribution in [0.25, 0.3) is 10.2 Å². The van der Waals surface area contributed by atoms with E-state index in [1.165, 1.54) is 10.3 Å². The van der Waals surface area contributed by atoms with Crippen molar-refractivity contribution in [2.75, 3.05) is 0 Å². The molecule has 0 bridgehead atoms. The molecule has 0 fully saturated rings. The van der Waals surface area contributed by atoms with Crippen LogP contribution < -0.4 is 0 Å². The van der Waals surface area contributed by atoms with Crippen molar-refractivity contribution in [1.29, 1.82) is 0 Å². The molecule has 0 amide bonds. The molecule has 0 N–H and O–H groups in total. The lowest BCUT2D eigenvalue weighted by molar-refractivity contribution is 1.05. The second-order valence-electron chi connectivity index (χ2n) is 2.95. The minimum absolute atomic E-state index is 0.863. The van der Waals surface area contributed by atoms with Crippen molar-refractivity contribution in [3.05, 3.63) is 22.5 Å². The van der Waals surface area contributed by atoms with Crippen molar-refractivity contribution in [2.24, 2.45) is 0 Å². The van der Waals surface area contributed by atoms with Crippen LogP contribution >= 0.6 is 11.3 Å². The van der Waals surface area contributed by atoms with E-state index >= 15 is 0 Å². The minimum atomic E-state index is 0.863. The standard InChI is InChI=1S/C9H10N2S.C2H6/c1-5-4-12-9-6(2)10-7(3)11-8(5)9;1-2/h4H,1-3H3;1-2H3. The van der Waals surface area contributed by atoms with Crippen molar-refractivity contribution in [3.8, 4) is 0 Å². The molecule has 0 saturated heterocycles. The molecule has 14 heavy (non-hydrogen) atoms. The first kappa shape index (κ1) is 11.1. The number of aryl methyl sites for hydroxylation is 3. The maximum absolute atomic E-state index is 4.40. The third kappa shape index (κ3) is 1.93. The molecule has 76 valence electrons. The van der Waals surface area contributed by atoms with E-state index in [2.05, 4.69) is 22.3 Å². The number of nitrogens with zero attached hydrogens (tertiary/aromatic N) is 2. The molecule has 0 saturated carbocycles. The smallest absolute Gasteiger partial charge is 0.126 e. The Balaban J connectivity index is 0.000000461. The first-order valence-corrected chi connectivity index (χ1v) is 5.75. The van der Waals surface area contributed by atoms with Crippen molar-refractivity contribution in [2.45, 2.75) is 34.6 Å². The highest BCUT2D eigenvalue weighted by Gasteiger charge is 2.05. The van der Waals surface area contributed by atoms with Gasteiger partial charge in [-0.15, -0.1) is 11.3 Å². The highest BCUT2D eigenvalue weighted by molar-refractivity contribution is 7.17. The van der Waals surface area contributed by atoms with Gasteiger partial charge < -0.3 is 0 Å². The van der Waals surface area contributed by atoms with Gasteiger partial charge in [-0.1, -0.05) is 13.8 Å². The Kier molecular flexibility index (Phi) is 3.58. The number of hydrogen-bond donors (Lipinski definition) is 0. The van der Waals surface area contributed by atoms with Crippen LogP contribution in [0.15, 0.2) is 5.38 Å². The van der Waals surface area contributed by atoms with Crippen LogP contribution in [-0.4, -0.2) is 9.97 Å². The highest BCUT2D eigenvalue weighted by Crippen LogP contribution is 2.25. The van der Waals surface area contributed by atoms with E-state index in [4.69, 9.17) is 0 Å². The summed E-state index contributed by atoms with van der Waals surface area (Å²) in [6, 6.07) is 0. The molecule has 0 aliphatic rings. The molecule has 2 nitrogen and oxygen atoms in total. The SMILES string of the molecule is CC.Cc1nc(C)c2scc(C)c2n1. The van der Waals surface area contributed by atoms with Crippen molar-refractivity contribution >= 4 is 21.6 Å². The van der Waals surface area contributed by atoms with Crippen molar-refractivity contribution < 1.29 is 0 Å². The van der Waals surface area contributed by atoms with Gasteiger partial charge in [0, 0.05) is 0 Å². The molecule has 2 heterocycles. The molecule has 3 heteroatoms. The van der Waals surface area contributed by atoms with E-state index in [-0.39, 0.29) is 0 Å². The molecule has 2 rings (SSSR count). The Morgan fingerprint density at radius 2 is 1.71 bits per heavy atom. The van der Waals surface area contributed by atoms with Crippen molar-refractivity contribution in [1.82, 2.24) is 9.97 Å². The van der Waals surface area contributed by atoms with Gasteiger partial charge in [-0.05, 0) is 31.7 Å². The summed E-state index contributed by atoms with van der Waals surface area (Å²) in [5.41, 5.74) is 3.46. The Bertz CT molecular complexity index is 432. The molecule has 0 aromatic carbocycles. The van der Waals surface area contributed by atoms with Gasteiger partial charge in [0.1, 0.15) is 5.82 Å². The van der Waals surface area contributed by atoms with E-state index in [1.807, 2.05) is 27.7 Å². The van der Waals surface area contributed by atoms with Crippen LogP contribution in [0.4, 0.5) is 0 Å². The van der Waals surface area contributed by atoms with Gasteiger partial charge in [0.15, 0.2) is 0 Å². The molecule has 0 aliphatic heterocycles. The fraction of sp³-hybridized carbons (Fsp3) is 0.455. The zero-order valence-electron chi connectivity index (χ0n) is 9.38. The Hall–Kier alpha value is -0.960. The van der Waals surface area contributed by atoms with E-state index in [1.54, 1.807) is 11.3 Å². The highest BCUT2D eigenvalue weighted by atomic mass is 32.1. The zero-order valence-corrected chi connectivity index (χ0v) is 10.2. The number of rotatable bonds is 0. The molecule has 0 atom stereocenters. The summed E-state index contributed by atoms with van der Waals surface area (Å²) in [5.74, 6) is 0.863. The van der Waals surface area contributed by atoms with Gasteiger partial charge in [-0.2, -0.15) is 0 Å². The summed E-state index contributed by atoms with van der Waals surface area (Å²) < 4.78 is 1.22. The average Bonchev–Trinajstić information content (AvgIpc) is 2.52. The lowest BCUT2D eigenvalue weighted by Gasteiger charge is -1.97. The van der Waals surface area contributed by atoms with Crippen LogP contribution in [0.5, 0.6) is 0 Å². The van der Waals surface area contributed by atoms with Crippen LogP contribution in [-0.2, 0) is 0 Å².